The Morgan fingerprint density at radius 1 is 1.42 bits per heavy atom. The molecule has 0 atom stereocenters. The largest absolute Gasteiger partial charge is 0.514 e. The van der Waals surface area contributed by atoms with E-state index in [0.717, 1.165) is 11.1 Å². The molecule has 0 unspecified atom stereocenters. The molecule has 1 aromatic carbocycles. The minimum Gasteiger partial charge on any atom is -0.429 e. The summed E-state index contributed by atoms with van der Waals surface area (Å²) in [4.78, 5) is 10.7. The second-order valence-corrected chi connectivity index (χ2v) is 2.75. The molecule has 1 aliphatic rings. The zero-order valence-corrected chi connectivity index (χ0v) is 6.66. The molecule has 0 spiro atoms. The molecule has 0 aliphatic carbocycles. The van der Waals surface area contributed by atoms with Crippen molar-refractivity contribution in [3.8, 4) is 5.75 Å². The van der Waals surface area contributed by atoms with Crippen LogP contribution >= 0.6 is 0 Å². The predicted molar refractivity (Wildman–Crippen MR) is 42.0 cm³/mol. The van der Waals surface area contributed by atoms with E-state index in [0.29, 0.717) is 12.4 Å². The highest BCUT2D eigenvalue weighted by atomic mass is 16.7. The molecule has 12 heavy (non-hydrogen) atoms. The first-order valence-electron chi connectivity index (χ1n) is 3.70. The molecule has 0 fully saturated rings. The summed E-state index contributed by atoms with van der Waals surface area (Å²) in [5, 5.41) is 0. The topological polar surface area (TPSA) is 35.5 Å². The van der Waals surface area contributed by atoms with Crippen molar-refractivity contribution in [1.82, 2.24) is 0 Å². The Balaban J connectivity index is 2.43. The Kier molecular flexibility index (Phi) is 1.50. The van der Waals surface area contributed by atoms with E-state index in [1.165, 1.54) is 0 Å². The lowest BCUT2D eigenvalue weighted by molar-refractivity contribution is 0.0785. The average molecular weight is 164 g/mol. The SMILES string of the molecule is Cc1ccc2c(c1)COC(=O)O2. The lowest BCUT2D eigenvalue weighted by Crippen LogP contribution is -2.17. The molecule has 0 saturated carbocycles. The number of aryl methyl sites for hydroxylation is 1. The molecule has 3 nitrogen and oxygen atoms in total. The van der Waals surface area contributed by atoms with Crippen molar-refractivity contribution < 1.29 is 14.3 Å². The van der Waals surface area contributed by atoms with Gasteiger partial charge in [0.1, 0.15) is 12.4 Å². The van der Waals surface area contributed by atoms with Crippen LogP contribution in [0.5, 0.6) is 5.75 Å². The highest BCUT2D eigenvalue weighted by Gasteiger charge is 2.17. The van der Waals surface area contributed by atoms with Gasteiger partial charge in [-0.3, -0.25) is 0 Å². The average Bonchev–Trinajstić information content (AvgIpc) is 2.05. The summed E-state index contributed by atoms with van der Waals surface area (Å²) in [5.74, 6) is 0.608. The van der Waals surface area contributed by atoms with Gasteiger partial charge in [0.2, 0.25) is 0 Å². The minimum absolute atomic E-state index is 0.315. The van der Waals surface area contributed by atoms with Crippen LogP contribution in [0, 0.1) is 6.92 Å². The minimum atomic E-state index is -0.619. The molecule has 0 N–H and O–H groups in total. The van der Waals surface area contributed by atoms with Gasteiger partial charge >= 0.3 is 6.16 Å². The van der Waals surface area contributed by atoms with Crippen LogP contribution in [0.3, 0.4) is 0 Å². The molecule has 0 saturated heterocycles. The fraction of sp³-hybridized carbons (Fsp3) is 0.222. The number of ether oxygens (including phenoxy) is 2. The first kappa shape index (κ1) is 7.16. The molecule has 3 heteroatoms. The van der Waals surface area contributed by atoms with Crippen LogP contribution in [0.25, 0.3) is 0 Å². The first-order chi connectivity index (χ1) is 5.75. The fourth-order valence-electron chi connectivity index (χ4n) is 1.18. The first-order valence-corrected chi connectivity index (χ1v) is 3.70. The van der Waals surface area contributed by atoms with Gasteiger partial charge in [-0.15, -0.1) is 0 Å². The highest BCUT2D eigenvalue weighted by Crippen LogP contribution is 2.24. The van der Waals surface area contributed by atoms with Crippen molar-refractivity contribution in [2.75, 3.05) is 0 Å². The lowest BCUT2D eigenvalue weighted by Gasteiger charge is -2.15. The number of rotatable bonds is 0. The maximum atomic E-state index is 10.7. The Hall–Kier alpha value is -1.51. The van der Waals surface area contributed by atoms with E-state index in [-0.39, 0.29) is 0 Å². The molecule has 1 aromatic rings. The number of benzene rings is 1. The molecular weight excluding hydrogens is 156 g/mol. The van der Waals surface area contributed by atoms with Gasteiger partial charge < -0.3 is 9.47 Å². The van der Waals surface area contributed by atoms with Crippen LogP contribution in [0.15, 0.2) is 18.2 Å². The number of carbonyl (C=O) groups excluding carboxylic acids is 1. The van der Waals surface area contributed by atoms with Crippen molar-refractivity contribution in [2.24, 2.45) is 0 Å². The van der Waals surface area contributed by atoms with Gasteiger partial charge in [0, 0.05) is 5.56 Å². The number of fused-ring (bicyclic) bond motifs is 1. The van der Waals surface area contributed by atoms with Crippen LogP contribution in [0.4, 0.5) is 4.79 Å². The summed E-state index contributed by atoms with van der Waals surface area (Å²) in [7, 11) is 0. The van der Waals surface area contributed by atoms with Gasteiger partial charge in [-0.1, -0.05) is 11.6 Å². The van der Waals surface area contributed by atoms with Crippen LogP contribution in [-0.4, -0.2) is 6.16 Å². The van der Waals surface area contributed by atoms with E-state index in [4.69, 9.17) is 9.47 Å². The van der Waals surface area contributed by atoms with Crippen LogP contribution in [-0.2, 0) is 11.3 Å². The Morgan fingerprint density at radius 2 is 2.25 bits per heavy atom. The predicted octanol–water partition coefficient (Wildman–Crippen LogP) is 2.02. The second kappa shape index (κ2) is 2.52. The van der Waals surface area contributed by atoms with Crippen LogP contribution in [0.1, 0.15) is 11.1 Å². The fourth-order valence-corrected chi connectivity index (χ4v) is 1.18. The van der Waals surface area contributed by atoms with Crippen molar-refractivity contribution >= 4 is 6.16 Å². The maximum absolute atomic E-state index is 10.7. The van der Waals surface area contributed by atoms with Gasteiger partial charge in [0.15, 0.2) is 0 Å². The van der Waals surface area contributed by atoms with E-state index in [9.17, 15) is 4.79 Å². The molecule has 62 valence electrons. The summed E-state index contributed by atoms with van der Waals surface area (Å²) in [6.07, 6.45) is -0.619. The van der Waals surface area contributed by atoms with Crippen LogP contribution < -0.4 is 4.74 Å². The number of hydrogen-bond donors (Lipinski definition) is 0. The van der Waals surface area contributed by atoms with Crippen LogP contribution in [0.2, 0.25) is 0 Å². The summed E-state index contributed by atoms with van der Waals surface area (Å²) < 4.78 is 9.52. The number of hydrogen-bond acceptors (Lipinski definition) is 3. The molecule has 0 bridgehead atoms. The van der Waals surface area contributed by atoms with E-state index >= 15 is 0 Å². The number of carbonyl (C=O) groups is 1. The van der Waals surface area contributed by atoms with Crippen molar-refractivity contribution in [3.63, 3.8) is 0 Å². The third kappa shape index (κ3) is 1.13. The third-order valence-corrected chi connectivity index (χ3v) is 1.75. The second-order valence-electron chi connectivity index (χ2n) is 2.75. The van der Waals surface area contributed by atoms with E-state index in [2.05, 4.69) is 0 Å². The van der Waals surface area contributed by atoms with E-state index in [1.807, 2.05) is 19.1 Å². The summed E-state index contributed by atoms with van der Waals surface area (Å²) >= 11 is 0. The van der Waals surface area contributed by atoms with Crippen molar-refractivity contribution in [2.45, 2.75) is 13.5 Å². The van der Waals surface area contributed by atoms with E-state index in [1.54, 1.807) is 6.07 Å². The molecule has 0 radical (unpaired) electrons. The molecule has 2 rings (SSSR count). The molecule has 0 amide bonds. The van der Waals surface area contributed by atoms with Gasteiger partial charge in [0.05, 0.1) is 0 Å². The molecule has 0 aromatic heterocycles. The van der Waals surface area contributed by atoms with Gasteiger partial charge in [-0.2, -0.15) is 0 Å². The maximum Gasteiger partial charge on any atom is 0.514 e. The quantitative estimate of drug-likeness (QED) is 0.434. The normalized spacial score (nSPS) is 14.6. The third-order valence-electron chi connectivity index (χ3n) is 1.75. The van der Waals surface area contributed by atoms with Gasteiger partial charge in [-0.25, -0.2) is 4.79 Å². The Bertz CT molecular complexity index is 331. The molecule has 1 aliphatic heterocycles. The molecular formula is C9H8O3. The Morgan fingerprint density at radius 3 is 3.08 bits per heavy atom. The standard InChI is InChI=1S/C9H8O3/c1-6-2-3-8-7(4-6)5-11-9(10)12-8/h2-4H,5H2,1H3. The highest BCUT2D eigenvalue weighted by molar-refractivity contribution is 5.66. The monoisotopic (exact) mass is 164 g/mol. The molecule has 1 heterocycles. The van der Waals surface area contributed by atoms with E-state index < -0.39 is 6.16 Å². The summed E-state index contributed by atoms with van der Waals surface area (Å²) in [5.41, 5.74) is 2.06. The lowest BCUT2D eigenvalue weighted by atomic mass is 10.1. The number of cyclic esters (lactones) is 1. The van der Waals surface area contributed by atoms with Crippen molar-refractivity contribution in [3.05, 3.63) is 29.3 Å². The van der Waals surface area contributed by atoms with Gasteiger partial charge in [0.25, 0.3) is 0 Å². The van der Waals surface area contributed by atoms with Gasteiger partial charge in [-0.05, 0) is 19.1 Å². The summed E-state index contributed by atoms with van der Waals surface area (Å²) in [6, 6.07) is 5.63. The summed E-state index contributed by atoms with van der Waals surface area (Å²) in [6.45, 7) is 2.30. The smallest absolute Gasteiger partial charge is 0.429 e. The zero-order valence-electron chi connectivity index (χ0n) is 6.66. The van der Waals surface area contributed by atoms with Crippen molar-refractivity contribution in [1.29, 1.82) is 0 Å². The Labute approximate surface area is 69.9 Å². The zero-order chi connectivity index (χ0) is 8.55.